The average molecular weight is 307 g/mol. The van der Waals surface area contributed by atoms with Gasteiger partial charge in [-0.3, -0.25) is 14.9 Å². The molecule has 7 nitrogen and oxygen atoms in total. The van der Waals surface area contributed by atoms with Gasteiger partial charge >= 0.3 is 0 Å². The zero-order valence-electron chi connectivity index (χ0n) is 12.6. The van der Waals surface area contributed by atoms with E-state index in [1.165, 1.54) is 6.07 Å². The lowest BCUT2D eigenvalue weighted by Gasteiger charge is -2.34. The maximum Gasteiger partial charge on any atom is 0.272 e. The maximum absolute atomic E-state index is 12.4. The fourth-order valence-electron chi connectivity index (χ4n) is 2.73. The first kappa shape index (κ1) is 16.4. The highest BCUT2D eigenvalue weighted by molar-refractivity contribution is 5.85. The van der Waals surface area contributed by atoms with E-state index in [0.717, 1.165) is 13.1 Å². The second kappa shape index (κ2) is 7.33. The van der Waals surface area contributed by atoms with Crippen LogP contribution in [0.4, 0.5) is 5.69 Å². The molecule has 120 valence electrons. The Hall–Kier alpha value is -1.99. The number of rotatable bonds is 6. The number of carbonyl (C=O) groups excluding carboxylic acids is 1. The van der Waals surface area contributed by atoms with Crippen molar-refractivity contribution >= 4 is 11.6 Å². The largest absolute Gasteiger partial charge is 0.368 e. The molecule has 1 aromatic rings. The molecule has 0 radical (unpaired) electrons. The molecule has 0 aromatic heterocycles. The second-order valence-corrected chi connectivity index (χ2v) is 5.34. The number of hydrogen-bond donors (Lipinski definition) is 2. The van der Waals surface area contributed by atoms with Crippen molar-refractivity contribution in [3.05, 3.63) is 39.9 Å². The summed E-state index contributed by atoms with van der Waals surface area (Å²) < 4.78 is 5.45. The normalized spacial score (nSPS) is 17.0. The third-order valence-corrected chi connectivity index (χ3v) is 4.08. The van der Waals surface area contributed by atoms with E-state index in [1.54, 1.807) is 25.3 Å². The van der Waals surface area contributed by atoms with Crippen molar-refractivity contribution in [2.45, 2.75) is 24.9 Å². The number of carbonyl (C=O) groups is 1. The summed E-state index contributed by atoms with van der Waals surface area (Å²) in [6.07, 6.45) is 1.67. The Kier molecular flexibility index (Phi) is 5.46. The van der Waals surface area contributed by atoms with Gasteiger partial charge in [-0.25, -0.2) is 0 Å². The van der Waals surface area contributed by atoms with Crippen LogP contribution in [0, 0.1) is 10.1 Å². The van der Waals surface area contributed by atoms with Gasteiger partial charge in [0.05, 0.1) is 4.92 Å². The smallest absolute Gasteiger partial charge is 0.272 e. The molecule has 1 heterocycles. The minimum atomic E-state index is -0.784. The van der Waals surface area contributed by atoms with Gasteiger partial charge in [-0.2, -0.15) is 0 Å². The van der Waals surface area contributed by atoms with E-state index in [0.29, 0.717) is 31.4 Å². The number of nitrogens with zero attached hydrogens (tertiary/aromatic N) is 1. The number of nitro groups is 1. The summed E-state index contributed by atoms with van der Waals surface area (Å²) in [5.41, 5.74) is -0.0851. The average Bonchev–Trinajstić information content (AvgIpc) is 2.55. The highest BCUT2D eigenvalue weighted by Gasteiger charge is 2.39. The Bertz CT molecular complexity index is 541. The van der Waals surface area contributed by atoms with E-state index in [2.05, 4.69) is 10.6 Å². The number of piperidine rings is 1. The van der Waals surface area contributed by atoms with Gasteiger partial charge in [0.15, 0.2) is 0 Å². The molecule has 1 aliphatic heterocycles. The van der Waals surface area contributed by atoms with E-state index >= 15 is 0 Å². The van der Waals surface area contributed by atoms with Gasteiger partial charge < -0.3 is 15.4 Å². The molecule has 0 spiro atoms. The van der Waals surface area contributed by atoms with E-state index in [-0.39, 0.29) is 11.6 Å². The van der Waals surface area contributed by atoms with Crippen LogP contribution in [0.2, 0.25) is 0 Å². The zero-order chi connectivity index (χ0) is 16.0. The Labute approximate surface area is 129 Å². The molecule has 2 rings (SSSR count). The van der Waals surface area contributed by atoms with E-state index in [4.69, 9.17) is 4.74 Å². The summed E-state index contributed by atoms with van der Waals surface area (Å²) in [6, 6.07) is 6.57. The molecule has 0 atom stereocenters. The number of benzene rings is 1. The number of hydrogen-bond acceptors (Lipinski definition) is 5. The van der Waals surface area contributed by atoms with E-state index in [1.807, 2.05) is 0 Å². The van der Waals surface area contributed by atoms with Crippen molar-refractivity contribution in [2.75, 3.05) is 26.7 Å². The number of nitrogens with one attached hydrogen (secondary N) is 2. The third-order valence-electron chi connectivity index (χ3n) is 4.08. The minimum Gasteiger partial charge on any atom is -0.368 e. The highest BCUT2D eigenvalue weighted by Crippen LogP contribution is 2.23. The Morgan fingerprint density at radius 2 is 2.09 bits per heavy atom. The first-order chi connectivity index (χ1) is 10.6. The quantitative estimate of drug-likeness (QED) is 0.604. The Balaban J connectivity index is 1.93. The molecule has 22 heavy (non-hydrogen) atoms. The number of amides is 1. The number of methoxy groups -OCH3 is 1. The van der Waals surface area contributed by atoms with Gasteiger partial charge in [0.25, 0.3) is 11.6 Å². The number of para-hydroxylation sites is 1. The fourth-order valence-corrected chi connectivity index (χ4v) is 2.73. The maximum atomic E-state index is 12.4. The van der Waals surface area contributed by atoms with Crippen LogP contribution in [0.1, 0.15) is 18.4 Å². The van der Waals surface area contributed by atoms with Crippen molar-refractivity contribution in [1.82, 2.24) is 10.6 Å². The van der Waals surface area contributed by atoms with Crippen molar-refractivity contribution < 1.29 is 14.5 Å². The molecule has 1 amide bonds. The van der Waals surface area contributed by atoms with Crippen LogP contribution >= 0.6 is 0 Å². The molecule has 2 N–H and O–H groups in total. The summed E-state index contributed by atoms with van der Waals surface area (Å²) >= 11 is 0. The predicted octanol–water partition coefficient (Wildman–Crippen LogP) is 1.02. The Morgan fingerprint density at radius 3 is 2.73 bits per heavy atom. The molecular weight excluding hydrogens is 286 g/mol. The molecule has 7 heteroatoms. The number of nitro benzene ring substituents is 1. The molecule has 0 aliphatic carbocycles. The predicted molar refractivity (Wildman–Crippen MR) is 81.7 cm³/mol. The molecule has 1 aliphatic rings. The molecule has 1 saturated heterocycles. The first-order valence-corrected chi connectivity index (χ1v) is 7.35. The van der Waals surface area contributed by atoms with Crippen LogP contribution < -0.4 is 10.6 Å². The highest BCUT2D eigenvalue weighted by atomic mass is 16.6. The van der Waals surface area contributed by atoms with Crippen molar-refractivity contribution in [3.8, 4) is 0 Å². The lowest BCUT2D eigenvalue weighted by atomic mass is 9.91. The van der Waals surface area contributed by atoms with Gasteiger partial charge in [0.1, 0.15) is 5.60 Å². The van der Waals surface area contributed by atoms with Crippen LogP contribution in [-0.4, -0.2) is 43.2 Å². The van der Waals surface area contributed by atoms with Gasteiger partial charge in [0.2, 0.25) is 0 Å². The standard InChI is InChI=1S/C15H21N3O4/c1-22-15(7-10-16-11-8-15)14(19)17-9-6-12-4-2-3-5-13(12)18(20)21/h2-5,16H,6-11H2,1H3,(H,17,19). The summed E-state index contributed by atoms with van der Waals surface area (Å²) in [4.78, 5) is 22.9. The van der Waals surface area contributed by atoms with Crippen LogP contribution in [0.3, 0.4) is 0 Å². The Morgan fingerprint density at radius 1 is 1.41 bits per heavy atom. The summed E-state index contributed by atoms with van der Waals surface area (Å²) in [6.45, 7) is 1.83. The molecule has 0 bridgehead atoms. The van der Waals surface area contributed by atoms with Crippen LogP contribution in [0.25, 0.3) is 0 Å². The van der Waals surface area contributed by atoms with Gasteiger partial charge in [-0.05, 0) is 32.4 Å². The van der Waals surface area contributed by atoms with Crippen LogP contribution in [0.5, 0.6) is 0 Å². The van der Waals surface area contributed by atoms with E-state index in [9.17, 15) is 14.9 Å². The van der Waals surface area contributed by atoms with Crippen molar-refractivity contribution in [2.24, 2.45) is 0 Å². The molecular formula is C15H21N3O4. The monoisotopic (exact) mass is 307 g/mol. The topological polar surface area (TPSA) is 93.5 Å². The minimum absolute atomic E-state index is 0.0834. The van der Waals surface area contributed by atoms with Crippen LogP contribution in [0.15, 0.2) is 24.3 Å². The zero-order valence-corrected chi connectivity index (χ0v) is 12.6. The third kappa shape index (κ3) is 3.61. The van der Waals surface area contributed by atoms with E-state index < -0.39 is 10.5 Å². The summed E-state index contributed by atoms with van der Waals surface area (Å²) in [5.74, 6) is -0.143. The SMILES string of the molecule is COC1(C(=O)NCCc2ccccc2[N+](=O)[O-])CCNCC1. The summed E-state index contributed by atoms with van der Waals surface area (Å²) in [7, 11) is 1.55. The summed E-state index contributed by atoms with van der Waals surface area (Å²) in [5, 5.41) is 17.0. The van der Waals surface area contributed by atoms with Crippen molar-refractivity contribution in [1.29, 1.82) is 0 Å². The molecule has 1 fully saturated rings. The fraction of sp³-hybridized carbons (Fsp3) is 0.533. The lowest BCUT2D eigenvalue weighted by Crippen LogP contribution is -2.54. The second-order valence-electron chi connectivity index (χ2n) is 5.34. The lowest BCUT2D eigenvalue weighted by molar-refractivity contribution is -0.385. The number of ether oxygens (including phenoxy) is 1. The molecule has 1 aromatic carbocycles. The van der Waals surface area contributed by atoms with Crippen LogP contribution in [-0.2, 0) is 16.0 Å². The van der Waals surface area contributed by atoms with Gasteiger partial charge in [-0.15, -0.1) is 0 Å². The molecule has 0 saturated carbocycles. The first-order valence-electron chi connectivity index (χ1n) is 7.35. The van der Waals surface area contributed by atoms with Gasteiger partial charge in [0, 0.05) is 25.3 Å². The van der Waals surface area contributed by atoms with Gasteiger partial charge in [-0.1, -0.05) is 18.2 Å². The molecule has 0 unspecified atom stereocenters. The van der Waals surface area contributed by atoms with Crippen molar-refractivity contribution in [3.63, 3.8) is 0 Å².